The topological polar surface area (TPSA) is 54.0 Å². The van der Waals surface area contributed by atoms with Crippen LogP contribution < -0.4 is 10.6 Å². The molecule has 114 valence electrons. The molecule has 0 aliphatic heterocycles. The van der Waals surface area contributed by atoms with E-state index >= 15 is 0 Å². The van der Waals surface area contributed by atoms with Gasteiger partial charge in [0.25, 0.3) is 0 Å². The molecule has 2 N–H and O–H groups in total. The lowest BCUT2D eigenvalue weighted by Crippen LogP contribution is -2.12. The summed E-state index contributed by atoms with van der Waals surface area (Å²) < 4.78 is 0. The van der Waals surface area contributed by atoms with E-state index in [0.717, 1.165) is 11.4 Å². The summed E-state index contributed by atoms with van der Waals surface area (Å²) in [5.41, 5.74) is 1.56. The molecule has 5 heteroatoms. The lowest BCUT2D eigenvalue weighted by atomic mass is 10.2. The van der Waals surface area contributed by atoms with Crippen molar-refractivity contribution in [1.82, 2.24) is 4.98 Å². The molecule has 1 aromatic carbocycles. The van der Waals surface area contributed by atoms with Crippen molar-refractivity contribution in [3.05, 3.63) is 59.3 Å². The Morgan fingerprint density at radius 2 is 1.91 bits per heavy atom. The smallest absolute Gasteiger partial charge is 0.248 e. The van der Waals surface area contributed by atoms with E-state index in [0.29, 0.717) is 16.8 Å². The van der Waals surface area contributed by atoms with E-state index in [-0.39, 0.29) is 5.91 Å². The van der Waals surface area contributed by atoms with Crippen LogP contribution in [0.15, 0.2) is 48.7 Å². The Kier molecular flexibility index (Phi) is 5.55. The molecule has 1 aromatic heterocycles. The number of carbonyl (C=O) groups is 1. The van der Waals surface area contributed by atoms with Crippen LogP contribution >= 0.6 is 11.6 Å². The summed E-state index contributed by atoms with van der Waals surface area (Å²) in [6.45, 7) is 4.08. The Hall–Kier alpha value is -2.33. The highest BCUT2D eigenvalue weighted by Gasteiger charge is 2.00. The molecule has 0 aliphatic carbocycles. The normalized spacial score (nSPS) is 10.9. The van der Waals surface area contributed by atoms with Crippen molar-refractivity contribution in [3.63, 3.8) is 0 Å². The Bertz CT molecular complexity index is 649. The summed E-state index contributed by atoms with van der Waals surface area (Å²) in [5, 5.41) is 6.62. The Balaban J connectivity index is 1.92. The first-order valence-corrected chi connectivity index (χ1v) is 7.38. The number of benzene rings is 1. The lowest BCUT2D eigenvalue weighted by molar-refractivity contribution is -0.111. The number of halogens is 1. The van der Waals surface area contributed by atoms with Gasteiger partial charge in [0.2, 0.25) is 5.91 Å². The molecule has 0 aliphatic rings. The highest BCUT2D eigenvalue weighted by atomic mass is 35.5. The molecule has 0 fully saturated rings. The van der Waals surface area contributed by atoms with Gasteiger partial charge in [0.15, 0.2) is 0 Å². The van der Waals surface area contributed by atoms with Crippen LogP contribution in [-0.2, 0) is 4.79 Å². The summed E-state index contributed by atoms with van der Waals surface area (Å²) in [6, 6.07) is 11.2. The molecule has 1 amide bonds. The second-order valence-electron chi connectivity index (χ2n) is 5.11. The molecule has 4 nitrogen and oxygen atoms in total. The number of amides is 1. The number of anilines is 2. The van der Waals surface area contributed by atoms with E-state index in [2.05, 4.69) is 15.6 Å². The van der Waals surface area contributed by atoms with E-state index in [1.807, 2.05) is 38.1 Å². The van der Waals surface area contributed by atoms with E-state index in [4.69, 9.17) is 11.6 Å². The Morgan fingerprint density at radius 3 is 2.50 bits per heavy atom. The quantitative estimate of drug-likeness (QED) is 0.813. The molecule has 2 aromatic rings. The van der Waals surface area contributed by atoms with Crippen molar-refractivity contribution in [2.24, 2.45) is 0 Å². The van der Waals surface area contributed by atoms with Gasteiger partial charge in [0.05, 0.1) is 11.9 Å². The van der Waals surface area contributed by atoms with Crippen LogP contribution in [0, 0.1) is 0 Å². The predicted molar refractivity (Wildman–Crippen MR) is 92.1 cm³/mol. The zero-order chi connectivity index (χ0) is 15.9. The summed E-state index contributed by atoms with van der Waals surface area (Å²) in [7, 11) is 0. The van der Waals surface area contributed by atoms with Crippen molar-refractivity contribution in [3.8, 4) is 0 Å². The number of nitrogens with one attached hydrogen (secondary N) is 2. The first kappa shape index (κ1) is 16.0. The van der Waals surface area contributed by atoms with Gasteiger partial charge >= 0.3 is 0 Å². The number of rotatable bonds is 5. The molecule has 0 radical (unpaired) electrons. The van der Waals surface area contributed by atoms with Gasteiger partial charge in [-0.25, -0.2) is 4.98 Å². The highest BCUT2D eigenvalue weighted by molar-refractivity contribution is 6.30. The van der Waals surface area contributed by atoms with Crippen LogP contribution in [-0.4, -0.2) is 16.9 Å². The van der Waals surface area contributed by atoms with Crippen molar-refractivity contribution >= 4 is 35.1 Å². The van der Waals surface area contributed by atoms with Crippen LogP contribution in [0.25, 0.3) is 6.08 Å². The Labute approximate surface area is 135 Å². The Morgan fingerprint density at radius 1 is 1.18 bits per heavy atom. The number of carbonyl (C=O) groups excluding carboxylic acids is 1. The molecular weight excluding hydrogens is 298 g/mol. The molecule has 22 heavy (non-hydrogen) atoms. The fourth-order valence-electron chi connectivity index (χ4n) is 1.78. The average molecular weight is 316 g/mol. The fraction of sp³-hybridized carbons (Fsp3) is 0.176. The van der Waals surface area contributed by atoms with E-state index in [1.165, 1.54) is 6.08 Å². The second-order valence-corrected chi connectivity index (χ2v) is 5.54. The van der Waals surface area contributed by atoms with Crippen LogP contribution in [0.3, 0.4) is 0 Å². The van der Waals surface area contributed by atoms with Gasteiger partial charge in [-0.2, -0.15) is 0 Å². The molecule has 0 saturated carbocycles. The van der Waals surface area contributed by atoms with Crippen molar-refractivity contribution < 1.29 is 4.79 Å². The first-order chi connectivity index (χ1) is 10.5. The summed E-state index contributed by atoms with van der Waals surface area (Å²) in [6.07, 6.45) is 4.83. The highest BCUT2D eigenvalue weighted by Crippen LogP contribution is 2.12. The molecule has 0 unspecified atom stereocenters. The van der Waals surface area contributed by atoms with E-state index in [9.17, 15) is 4.79 Å². The third-order valence-electron chi connectivity index (χ3n) is 2.76. The minimum absolute atomic E-state index is 0.207. The average Bonchev–Trinajstić information content (AvgIpc) is 2.48. The summed E-state index contributed by atoms with van der Waals surface area (Å²) in [4.78, 5) is 16.1. The molecule has 1 heterocycles. The van der Waals surface area contributed by atoms with Crippen molar-refractivity contribution in [1.29, 1.82) is 0 Å². The maximum absolute atomic E-state index is 11.8. The minimum atomic E-state index is -0.207. The first-order valence-electron chi connectivity index (χ1n) is 7.00. The van der Waals surface area contributed by atoms with Crippen molar-refractivity contribution in [2.45, 2.75) is 19.9 Å². The van der Waals surface area contributed by atoms with Gasteiger partial charge in [0.1, 0.15) is 5.82 Å². The number of nitrogens with zero attached hydrogens (tertiary/aromatic N) is 1. The molecule has 2 rings (SSSR count). The second kappa shape index (κ2) is 7.61. The maximum Gasteiger partial charge on any atom is 0.248 e. The zero-order valence-corrected chi connectivity index (χ0v) is 13.3. The third-order valence-corrected chi connectivity index (χ3v) is 3.02. The largest absolute Gasteiger partial charge is 0.368 e. The van der Waals surface area contributed by atoms with Gasteiger partial charge in [-0.15, -0.1) is 0 Å². The van der Waals surface area contributed by atoms with Gasteiger partial charge in [-0.1, -0.05) is 23.7 Å². The zero-order valence-electron chi connectivity index (χ0n) is 12.5. The van der Waals surface area contributed by atoms with Crippen LogP contribution in [0.5, 0.6) is 0 Å². The fourth-order valence-corrected chi connectivity index (χ4v) is 1.90. The van der Waals surface area contributed by atoms with Crippen LogP contribution in [0.2, 0.25) is 5.02 Å². The standard InChI is InChI=1S/C17H18ClN3O/c1-12(2)20-16-9-8-15(11-19-16)21-17(22)10-5-13-3-6-14(18)7-4-13/h3-12H,1-2H3,(H,19,20)(H,21,22)/b10-5+. The molecular formula is C17H18ClN3O. The molecule has 0 bridgehead atoms. The predicted octanol–water partition coefficient (Wildman–Crippen LogP) is 4.21. The maximum atomic E-state index is 11.8. The van der Waals surface area contributed by atoms with Crippen molar-refractivity contribution in [2.75, 3.05) is 10.6 Å². The van der Waals surface area contributed by atoms with Crippen LogP contribution in [0.4, 0.5) is 11.5 Å². The van der Waals surface area contributed by atoms with Crippen LogP contribution in [0.1, 0.15) is 19.4 Å². The monoisotopic (exact) mass is 315 g/mol. The number of pyridine rings is 1. The minimum Gasteiger partial charge on any atom is -0.368 e. The van der Waals surface area contributed by atoms with E-state index in [1.54, 1.807) is 24.4 Å². The number of hydrogen-bond acceptors (Lipinski definition) is 3. The van der Waals surface area contributed by atoms with Gasteiger partial charge in [0, 0.05) is 17.1 Å². The molecule has 0 atom stereocenters. The number of aromatic nitrogens is 1. The van der Waals surface area contributed by atoms with Gasteiger partial charge in [-0.3, -0.25) is 4.79 Å². The molecule has 0 saturated heterocycles. The van der Waals surface area contributed by atoms with Gasteiger partial charge < -0.3 is 10.6 Å². The summed E-state index contributed by atoms with van der Waals surface area (Å²) >= 11 is 5.81. The third kappa shape index (κ3) is 5.22. The lowest BCUT2D eigenvalue weighted by Gasteiger charge is -2.09. The molecule has 0 spiro atoms. The SMILES string of the molecule is CC(C)Nc1ccc(NC(=O)/C=C/c2ccc(Cl)cc2)cn1. The van der Waals surface area contributed by atoms with E-state index < -0.39 is 0 Å². The van der Waals surface area contributed by atoms with Gasteiger partial charge in [-0.05, 0) is 49.8 Å². The number of hydrogen-bond donors (Lipinski definition) is 2. The summed E-state index contributed by atoms with van der Waals surface area (Å²) in [5.74, 6) is 0.575.